The minimum atomic E-state index is -0.798. The molecule has 0 saturated carbocycles. The van der Waals surface area contributed by atoms with Gasteiger partial charge in [0.1, 0.15) is 0 Å². The van der Waals surface area contributed by atoms with Crippen LogP contribution in [0.1, 0.15) is 18.4 Å². The number of nitrogens with one attached hydrogen (secondary N) is 1. The first kappa shape index (κ1) is 19.2. The summed E-state index contributed by atoms with van der Waals surface area (Å²) in [5.74, 6) is -2.73. The average molecular weight is 360 g/mol. The molecule has 2 rings (SSSR count). The minimum absolute atomic E-state index is 0.131. The quantitative estimate of drug-likeness (QED) is 0.486. The van der Waals surface area contributed by atoms with Crippen LogP contribution in [0.15, 0.2) is 47.2 Å². The van der Waals surface area contributed by atoms with Gasteiger partial charge in [-0.3, -0.25) is 14.9 Å². The van der Waals surface area contributed by atoms with E-state index in [1.54, 1.807) is 26.1 Å². The van der Waals surface area contributed by atoms with Crippen LogP contribution in [0.4, 0.5) is 5.69 Å². The summed E-state index contributed by atoms with van der Waals surface area (Å²) in [7, 11) is 4.14. The molecule has 1 aromatic rings. The van der Waals surface area contributed by atoms with Gasteiger partial charge in [-0.05, 0) is 18.6 Å². The van der Waals surface area contributed by atoms with Crippen molar-refractivity contribution in [1.82, 2.24) is 5.32 Å². The van der Waals surface area contributed by atoms with E-state index in [1.807, 2.05) is 0 Å². The lowest BCUT2D eigenvalue weighted by Crippen LogP contribution is -2.34. The summed E-state index contributed by atoms with van der Waals surface area (Å²) in [4.78, 5) is 35.5. The monoisotopic (exact) mass is 360 g/mol. The number of hydrogen-bond donors (Lipinski definition) is 1. The van der Waals surface area contributed by atoms with Crippen LogP contribution >= 0.6 is 0 Å². The molecule has 0 radical (unpaired) electrons. The molecular weight excluding hydrogens is 340 g/mol. The van der Waals surface area contributed by atoms with Gasteiger partial charge in [0.05, 0.1) is 30.6 Å². The number of nitro groups is 1. The fourth-order valence-corrected chi connectivity index (χ4v) is 3.19. The highest BCUT2D eigenvalue weighted by Crippen LogP contribution is 2.43. The molecule has 0 aromatic heterocycles. The summed E-state index contributed by atoms with van der Waals surface area (Å²) in [5, 5.41) is 14.1. The Morgan fingerprint density at radius 3 is 2.46 bits per heavy atom. The summed E-state index contributed by atoms with van der Waals surface area (Å²) in [6.07, 6.45) is 1.68. The Bertz CT molecular complexity index is 812. The van der Waals surface area contributed by atoms with Crippen molar-refractivity contribution in [3.05, 3.63) is 62.9 Å². The molecule has 0 bridgehead atoms. The standard InChI is InChI=1S/C18H20N2O6/c1-10-8-13(19-2)16(18(22)26-4)15(14(10)17(21)25-3)11-6-5-7-12(9-11)20(23)24/h5-9,14-15,19H,1-4H3. The molecule has 8 nitrogen and oxygen atoms in total. The summed E-state index contributed by atoms with van der Waals surface area (Å²) in [5.41, 5.74) is 1.71. The molecule has 26 heavy (non-hydrogen) atoms. The number of methoxy groups -OCH3 is 2. The van der Waals surface area contributed by atoms with Crippen LogP contribution in [0.25, 0.3) is 0 Å². The van der Waals surface area contributed by atoms with Crippen LogP contribution in [0.3, 0.4) is 0 Å². The highest BCUT2D eigenvalue weighted by molar-refractivity contribution is 5.94. The molecule has 0 spiro atoms. The molecule has 0 heterocycles. The number of ether oxygens (including phenoxy) is 2. The molecule has 1 N–H and O–H groups in total. The Morgan fingerprint density at radius 2 is 1.92 bits per heavy atom. The first-order valence-electron chi connectivity index (χ1n) is 7.86. The number of hydrogen-bond acceptors (Lipinski definition) is 7. The second-order valence-corrected chi connectivity index (χ2v) is 5.79. The van der Waals surface area contributed by atoms with Gasteiger partial charge in [0.2, 0.25) is 0 Å². The van der Waals surface area contributed by atoms with Crippen LogP contribution in [0.2, 0.25) is 0 Å². The zero-order chi connectivity index (χ0) is 19.4. The van der Waals surface area contributed by atoms with E-state index >= 15 is 0 Å². The van der Waals surface area contributed by atoms with E-state index in [9.17, 15) is 19.7 Å². The minimum Gasteiger partial charge on any atom is -0.469 e. The SMILES string of the molecule is CNC1=C(C(=O)OC)C(c2cccc([N+](=O)[O-])c2)C(C(=O)OC)C(C)=C1. The van der Waals surface area contributed by atoms with Crippen LogP contribution < -0.4 is 5.32 Å². The number of likely N-dealkylation sites (N-methyl/N-ethyl adjacent to an activating group) is 1. The van der Waals surface area contributed by atoms with Crippen molar-refractivity contribution in [3.63, 3.8) is 0 Å². The normalized spacial score (nSPS) is 19.5. The van der Waals surface area contributed by atoms with Gasteiger partial charge in [0, 0.05) is 30.8 Å². The second-order valence-electron chi connectivity index (χ2n) is 5.79. The van der Waals surface area contributed by atoms with Crippen molar-refractivity contribution in [2.24, 2.45) is 5.92 Å². The van der Waals surface area contributed by atoms with Crippen LogP contribution in [-0.2, 0) is 19.1 Å². The molecule has 138 valence electrons. The topological polar surface area (TPSA) is 108 Å². The molecule has 0 amide bonds. The van der Waals surface area contributed by atoms with Crippen molar-refractivity contribution in [3.8, 4) is 0 Å². The number of non-ortho nitro benzene ring substituents is 1. The first-order chi connectivity index (χ1) is 12.3. The predicted octanol–water partition coefficient (Wildman–Crippen LogP) is 2.07. The smallest absolute Gasteiger partial charge is 0.336 e. The van der Waals surface area contributed by atoms with Gasteiger partial charge in [-0.15, -0.1) is 0 Å². The zero-order valence-electron chi connectivity index (χ0n) is 14.9. The Kier molecular flexibility index (Phi) is 5.76. The van der Waals surface area contributed by atoms with E-state index in [2.05, 4.69) is 5.32 Å². The number of carbonyl (C=O) groups is 2. The van der Waals surface area contributed by atoms with E-state index < -0.39 is 28.7 Å². The zero-order valence-corrected chi connectivity index (χ0v) is 14.9. The van der Waals surface area contributed by atoms with E-state index in [0.717, 1.165) is 0 Å². The van der Waals surface area contributed by atoms with Crippen molar-refractivity contribution in [1.29, 1.82) is 0 Å². The van der Waals surface area contributed by atoms with Gasteiger partial charge in [-0.25, -0.2) is 4.79 Å². The van der Waals surface area contributed by atoms with Crippen molar-refractivity contribution < 1.29 is 24.0 Å². The Balaban J connectivity index is 2.75. The Labute approximate surface area is 150 Å². The molecule has 2 unspecified atom stereocenters. The molecule has 0 fully saturated rings. The van der Waals surface area contributed by atoms with Gasteiger partial charge in [-0.2, -0.15) is 0 Å². The molecule has 1 aliphatic rings. The molecule has 1 aliphatic carbocycles. The third kappa shape index (κ3) is 3.44. The maximum Gasteiger partial charge on any atom is 0.336 e. The molecule has 0 saturated heterocycles. The summed E-state index contributed by atoms with van der Waals surface area (Å²) in [6, 6.07) is 5.87. The molecule has 2 atom stereocenters. The second kappa shape index (κ2) is 7.81. The number of nitro benzene ring substituents is 1. The van der Waals surface area contributed by atoms with Crippen LogP contribution in [0, 0.1) is 16.0 Å². The molecular formula is C18H20N2O6. The van der Waals surface area contributed by atoms with Crippen molar-refractivity contribution in [2.75, 3.05) is 21.3 Å². The fraction of sp³-hybridized carbons (Fsp3) is 0.333. The number of esters is 2. The lowest BCUT2D eigenvalue weighted by molar-refractivity contribution is -0.384. The summed E-state index contributed by atoms with van der Waals surface area (Å²) in [6.45, 7) is 1.75. The number of nitrogens with zero attached hydrogens (tertiary/aromatic N) is 1. The lowest BCUT2D eigenvalue weighted by atomic mass is 9.72. The van der Waals surface area contributed by atoms with Gasteiger partial charge in [-0.1, -0.05) is 17.7 Å². The number of allylic oxidation sites excluding steroid dienone is 1. The predicted molar refractivity (Wildman–Crippen MR) is 93.2 cm³/mol. The maximum atomic E-state index is 12.5. The fourth-order valence-electron chi connectivity index (χ4n) is 3.19. The van der Waals surface area contributed by atoms with Crippen molar-refractivity contribution in [2.45, 2.75) is 12.8 Å². The van der Waals surface area contributed by atoms with Gasteiger partial charge in [0.25, 0.3) is 5.69 Å². The van der Waals surface area contributed by atoms with E-state index in [4.69, 9.17) is 9.47 Å². The molecule has 0 aliphatic heterocycles. The van der Waals surface area contributed by atoms with E-state index in [0.29, 0.717) is 16.8 Å². The van der Waals surface area contributed by atoms with Gasteiger partial charge < -0.3 is 14.8 Å². The highest BCUT2D eigenvalue weighted by atomic mass is 16.6. The van der Waals surface area contributed by atoms with Gasteiger partial charge in [0.15, 0.2) is 0 Å². The maximum absolute atomic E-state index is 12.5. The van der Waals surface area contributed by atoms with Crippen molar-refractivity contribution >= 4 is 17.6 Å². The number of carbonyl (C=O) groups excluding carboxylic acids is 2. The summed E-state index contributed by atoms with van der Waals surface area (Å²) < 4.78 is 9.81. The third-order valence-corrected chi connectivity index (χ3v) is 4.37. The average Bonchev–Trinajstić information content (AvgIpc) is 2.65. The number of benzene rings is 1. The van der Waals surface area contributed by atoms with E-state index in [1.165, 1.54) is 32.4 Å². The largest absolute Gasteiger partial charge is 0.469 e. The first-order valence-corrected chi connectivity index (χ1v) is 7.86. The molecule has 8 heteroatoms. The number of rotatable bonds is 5. The lowest BCUT2D eigenvalue weighted by Gasteiger charge is -2.32. The van der Waals surface area contributed by atoms with Crippen LogP contribution in [0.5, 0.6) is 0 Å². The Hall–Kier alpha value is -3.16. The molecule has 1 aromatic carbocycles. The van der Waals surface area contributed by atoms with Crippen LogP contribution in [-0.4, -0.2) is 38.1 Å². The third-order valence-electron chi connectivity index (χ3n) is 4.37. The highest BCUT2D eigenvalue weighted by Gasteiger charge is 2.42. The van der Waals surface area contributed by atoms with Gasteiger partial charge >= 0.3 is 11.9 Å². The Morgan fingerprint density at radius 1 is 1.23 bits per heavy atom. The van der Waals surface area contributed by atoms with E-state index in [-0.39, 0.29) is 11.3 Å². The summed E-state index contributed by atoms with van der Waals surface area (Å²) >= 11 is 0.